The molecule has 0 fully saturated rings. The molecule has 4 heteroatoms. The molecule has 1 aromatic rings. The first-order chi connectivity index (χ1) is 7.63. The zero-order valence-corrected chi connectivity index (χ0v) is 9.14. The van der Waals surface area contributed by atoms with Gasteiger partial charge in [0, 0.05) is 23.2 Å². The molecule has 2 atom stereocenters. The molecule has 1 aromatic carbocycles. The third-order valence-corrected chi connectivity index (χ3v) is 2.77. The van der Waals surface area contributed by atoms with Crippen LogP contribution < -0.4 is 15.2 Å². The van der Waals surface area contributed by atoms with Gasteiger partial charge in [-0.2, -0.15) is 0 Å². The quantitative estimate of drug-likeness (QED) is 0.604. The fraction of sp³-hybridized carbons (Fsp3) is 0.333. The van der Waals surface area contributed by atoms with Gasteiger partial charge in [-0.05, 0) is 6.07 Å². The number of hydrogen-bond donors (Lipinski definition) is 2. The lowest BCUT2D eigenvalue weighted by Gasteiger charge is -2.17. The number of ether oxygens (including phenoxy) is 2. The van der Waals surface area contributed by atoms with Crippen LogP contribution in [0.15, 0.2) is 24.8 Å². The van der Waals surface area contributed by atoms with Crippen molar-refractivity contribution in [2.24, 2.45) is 5.92 Å². The molecule has 1 aliphatic heterocycles. The third kappa shape index (κ3) is 1.72. The minimum Gasteiger partial charge on any atom is -0.454 e. The van der Waals surface area contributed by atoms with Crippen LogP contribution in [0, 0.1) is 5.92 Å². The fourth-order valence-corrected chi connectivity index (χ4v) is 1.64. The highest BCUT2D eigenvalue weighted by Gasteiger charge is 2.22. The van der Waals surface area contributed by atoms with Crippen molar-refractivity contribution in [2.45, 2.75) is 13.0 Å². The SMILES string of the molecule is C=CC(C)C(O)c1cc2c(cc1N)OCO2. The average molecular weight is 221 g/mol. The zero-order chi connectivity index (χ0) is 11.7. The number of aliphatic hydroxyl groups is 1. The average Bonchev–Trinajstić information content (AvgIpc) is 2.72. The molecule has 0 saturated heterocycles. The number of rotatable bonds is 3. The summed E-state index contributed by atoms with van der Waals surface area (Å²) in [5.74, 6) is 1.18. The molecule has 86 valence electrons. The maximum atomic E-state index is 10.1. The molecule has 0 aromatic heterocycles. The van der Waals surface area contributed by atoms with Crippen LogP contribution in [0.2, 0.25) is 0 Å². The van der Waals surface area contributed by atoms with Crippen LogP contribution in [0.1, 0.15) is 18.6 Å². The molecular weight excluding hydrogens is 206 g/mol. The second-order valence-corrected chi connectivity index (χ2v) is 3.87. The van der Waals surface area contributed by atoms with Crippen LogP contribution in [0.5, 0.6) is 11.5 Å². The van der Waals surface area contributed by atoms with Crippen molar-refractivity contribution in [1.29, 1.82) is 0 Å². The van der Waals surface area contributed by atoms with Gasteiger partial charge in [0.05, 0.1) is 6.10 Å². The maximum absolute atomic E-state index is 10.1. The molecule has 3 N–H and O–H groups in total. The number of fused-ring (bicyclic) bond motifs is 1. The van der Waals surface area contributed by atoms with E-state index < -0.39 is 6.10 Å². The van der Waals surface area contributed by atoms with Crippen molar-refractivity contribution >= 4 is 5.69 Å². The van der Waals surface area contributed by atoms with Crippen LogP contribution in [0.25, 0.3) is 0 Å². The van der Waals surface area contributed by atoms with E-state index in [9.17, 15) is 5.11 Å². The van der Waals surface area contributed by atoms with E-state index in [0.29, 0.717) is 22.7 Å². The van der Waals surface area contributed by atoms with Crippen LogP contribution in [0.4, 0.5) is 5.69 Å². The number of hydrogen-bond acceptors (Lipinski definition) is 4. The molecule has 0 saturated carbocycles. The second kappa shape index (κ2) is 4.06. The summed E-state index contributed by atoms with van der Waals surface area (Å²) in [6.07, 6.45) is 1.02. The van der Waals surface area contributed by atoms with Gasteiger partial charge in [0.2, 0.25) is 6.79 Å². The van der Waals surface area contributed by atoms with Gasteiger partial charge in [-0.15, -0.1) is 6.58 Å². The van der Waals surface area contributed by atoms with Gasteiger partial charge in [0.15, 0.2) is 11.5 Å². The van der Waals surface area contributed by atoms with Gasteiger partial charge in [-0.3, -0.25) is 0 Å². The standard InChI is InChI=1S/C12H15NO3/c1-3-7(2)12(14)8-4-10-11(5-9(8)13)16-6-15-10/h3-5,7,12,14H,1,6,13H2,2H3. The number of benzene rings is 1. The monoisotopic (exact) mass is 221 g/mol. The molecule has 0 spiro atoms. The van der Waals surface area contributed by atoms with Crippen LogP contribution in [-0.2, 0) is 0 Å². The van der Waals surface area contributed by atoms with E-state index in [1.807, 2.05) is 6.92 Å². The number of nitrogen functional groups attached to an aromatic ring is 1. The highest BCUT2D eigenvalue weighted by Crippen LogP contribution is 2.39. The van der Waals surface area contributed by atoms with Crippen molar-refractivity contribution in [2.75, 3.05) is 12.5 Å². The molecule has 0 radical (unpaired) electrons. The van der Waals surface area contributed by atoms with Gasteiger partial charge < -0.3 is 20.3 Å². The molecule has 0 amide bonds. The van der Waals surface area contributed by atoms with Crippen molar-refractivity contribution < 1.29 is 14.6 Å². The van der Waals surface area contributed by atoms with Gasteiger partial charge in [-0.1, -0.05) is 13.0 Å². The molecule has 0 aliphatic carbocycles. The summed E-state index contributed by atoms with van der Waals surface area (Å²) in [5, 5.41) is 10.1. The Bertz CT molecular complexity index is 417. The Morgan fingerprint density at radius 3 is 2.69 bits per heavy atom. The van der Waals surface area contributed by atoms with Crippen LogP contribution >= 0.6 is 0 Å². The molecule has 1 aliphatic rings. The Labute approximate surface area is 94.3 Å². The second-order valence-electron chi connectivity index (χ2n) is 3.87. The predicted octanol–water partition coefficient (Wildman–Crippen LogP) is 1.85. The lowest BCUT2D eigenvalue weighted by Crippen LogP contribution is -2.09. The molecule has 1 heterocycles. The number of nitrogens with two attached hydrogens (primary N) is 1. The van der Waals surface area contributed by atoms with Gasteiger partial charge in [-0.25, -0.2) is 0 Å². The number of anilines is 1. The third-order valence-electron chi connectivity index (χ3n) is 2.77. The van der Waals surface area contributed by atoms with Gasteiger partial charge in [0.1, 0.15) is 0 Å². The Morgan fingerprint density at radius 1 is 1.44 bits per heavy atom. The molecule has 2 unspecified atom stereocenters. The van der Waals surface area contributed by atoms with E-state index in [0.717, 1.165) is 0 Å². The minimum absolute atomic E-state index is 0.0670. The van der Waals surface area contributed by atoms with Crippen LogP contribution in [-0.4, -0.2) is 11.9 Å². The normalized spacial score (nSPS) is 16.9. The fourth-order valence-electron chi connectivity index (χ4n) is 1.64. The maximum Gasteiger partial charge on any atom is 0.231 e. The highest BCUT2D eigenvalue weighted by atomic mass is 16.7. The van der Waals surface area contributed by atoms with Crippen LogP contribution in [0.3, 0.4) is 0 Å². The van der Waals surface area contributed by atoms with E-state index in [2.05, 4.69) is 6.58 Å². The summed E-state index contributed by atoms with van der Waals surface area (Å²) in [6, 6.07) is 3.40. The lowest BCUT2D eigenvalue weighted by molar-refractivity contribution is 0.140. The molecule has 2 rings (SSSR count). The van der Waals surface area contributed by atoms with E-state index >= 15 is 0 Å². The summed E-state index contributed by atoms with van der Waals surface area (Å²) >= 11 is 0. The van der Waals surface area contributed by atoms with Crippen molar-refractivity contribution in [3.63, 3.8) is 0 Å². The predicted molar refractivity (Wildman–Crippen MR) is 61.3 cm³/mol. The highest BCUT2D eigenvalue weighted by molar-refractivity contribution is 5.59. The van der Waals surface area contributed by atoms with E-state index in [-0.39, 0.29) is 12.7 Å². The summed E-state index contributed by atoms with van der Waals surface area (Å²) in [4.78, 5) is 0. The summed E-state index contributed by atoms with van der Waals surface area (Å²) in [6.45, 7) is 5.73. The molecule has 0 bridgehead atoms. The zero-order valence-electron chi connectivity index (χ0n) is 9.14. The molecular formula is C12H15NO3. The molecule has 16 heavy (non-hydrogen) atoms. The smallest absolute Gasteiger partial charge is 0.231 e. The van der Waals surface area contributed by atoms with Gasteiger partial charge >= 0.3 is 0 Å². The van der Waals surface area contributed by atoms with Gasteiger partial charge in [0.25, 0.3) is 0 Å². The summed E-state index contributed by atoms with van der Waals surface area (Å²) < 4.78 is 10.4. The van der Waals surface area contributed by atoms with E-state index in [1.165, 1.54) is 0 Å². The van der Waals surface area contributed by atoms with Crippen molar-refractivity contribution in [3.8, 4) is 11.5 Å². The van der Waals surface area contributed by atoms with E-state index in [1.54, 1.807) is 18.2 Å². The topological polar surface area (TPSA) is 64.7 Å². The van der Waals surface area contributed by atoms with E-state index in [4.69, 9.17) is 15.2 Å². The first kappa shape index (κ1) is 10.8. The summed E-state index contributed by atoms with van der Waals surface area (Å²) in [7, 11) is 0. The Hall–Kier alpha value is -1.68. The first-order valence-corrected chi connectivity index (χ1v) is 5.13. The number of aliphatic hydroxyl groups excluding tert-OH is 1. The van der Waals surface area contributed by atoms with Crippen molar-refractivity contribution in [3.05, 3.63) is 30.4 Å². The largest absolute Gasteiger partial charge is 0.454 e. The Morgan fingerprint density at radius 2 is 2.06 bits per heavy atom. The van der Waals surface area contributed by atoms with Crippen molar-refractivity contribution in [1.82, 2.24) is 0 Å². The minimum atomic E-state index is -0.674. The lowest BCUT2D eigenvalue weighted by atomic mass is 9.96. The molecule has 4 nitrogen and oxygen atoms in total. The first-order valence-electron chi connectivity index (χ1n) is 5.13. The Kier molecular flexibility index (Phi) is 2.75. The Balaban J connectivity index is 2.38. The summed E-state index contributed by atoms with van der Waals surface area (Å²) in [5.41, 5.74) is 7.01.